The molecule has 0 fully saturated rings. The van der Waals surface area contributed by atoms with Crippen molar-refractivity contribution in [1.29, 1.82) is 0 Å². The van der Waals surface area contributed by atoms with Crippen molar-refractivity contribution in [3.05, 3.63) is 70.0 Å². The Balaban J connectivity index is 2.00. The minimum atomic E-state index is -0.293. The summed E-state index contributed by atoms with van der Waals surface area (Å²) in [7, 11) is 0. The van der Waals surface area contributed by atoms with Crippen LogP contribution in [-0.4, -0.2) is 20.7 Å². The van der Waals surface area contributed by atoms with E-state index < -0.39 is 0 Å². The standard InChI is InChI=1S/C23H27ClN4OS/c1-14(2)22(29)25-17(5)21-26-27-23(30-13-18-9-7-6-8-15(18)3)28(21)20-12-19(24)11-10-16(20)4/h6-12,14,17H,13H2,1-5H3,(H,25,29). The van der Waals surface area contributed by atoms with E-state index in [9.17, 15) is 4.79 Å². The molecule has 30 heavy (non-hydrogen) atoms. The normalized spacial score (nSPS) is 12.2. The van der Waals surface area contributed by atoms with Gasteiger partial charge in [-0.3, -0.25) is 9.36 Å². The molecular formula is C23H27ClN4OS. The van der Waals surface area contributed by atoms with Crippen LogP contribution in [-0.2, 0) is 10.5 Å². The first-order valence-corrected chi connectivity index (χ1v) is 11.3. The van der Waals surface area contributed by atoms with Crippen LogP contribution in [0.1, 0.15) is 49.3 Å². The molecule has 0 saturated heterocycles. The Hall–Kier alpha value is -2.31. The number of carbonyl (C=O) groups excluding carboxylic acids is 1. The van der Waals surface area contributed by atoms with Crippen LogP contribution in [0.5, 0.6) is 0 Å². The van der Waals surface area contributed by atoms with Crippen molar-refractivity contribution in [3.8, 4) is 5.69 Å². The number of benzene rings is 2. The summed E-state index contributed by atoms with van der Waals surface area (Å²) in [6, 6.07) is 13.8. The zero-order chi connectivity index (χ0) is 21.8. The van der Waals surface area contributed by atoms with Gasteiger partial charge in [0.1, 0.15) is 0 Å². The summed E-state index contributed by atoms with van der Waals surface area (Å²) in [6.45, 7) is 9.81. The molecule has 1 unspecified atom stereocenters. The number of hydrogen-bond donors (Lipinski definition) is 1. The number of amides is 1. The molecule has 1 heterocycles. The summed E-state index contributed by atoms with van der Waals surface area (Å²) >= 11 is 7.93. The Bertz CT molecular complexity index is 1050. The van der Waals surface area contributed by atoms with E-state index in [1.54, 1.807) is 11.8 Å². The predicted octanol–water partition coefficient (Wildman–Crippen LogP) is 5.66. The zero-order valence-electron chi connectivity index (χ0n) is 17.9. The van der Waals surface area contributed by atoms with Gasteiger partial charge in [0, 0.05) is 16.7 Å². The molecule has 0 saturated carbocycles. The van der Waals surface area contributed by atoms with E-state index in [-0.39, 0.29) is 17.9 Å². The lowest BCUT2D eigenvalue weighted by Gasteiger charge is -2.19. The predicted molar refractivity (Wildman–Crippen MR) is 123 cm³/mol. The van der Waals surface area contributed by atoms with Gasteiger partial charge in [0.2, 0.25) is 5.91 Å². The number of aryl methyl sites for hydroxylation is 2. The lowest BCUT2D eigenvalue weighted by molar-refractivity contribution is -0.124. The lowest BCUT2D eigenvalue weighted by Crippen LogP contribution is -2.31. The molecule has 0 aliphatic carbocycles. The van der Waals surface area contributed by atoms with E-state index in [2.05, 4.69) is 34.6 Å². The Labute approximate surface area is 187 Å². The van der Waals surface area contributed by atoms with Gasteiger partial charge >= 0.3 is 0 Å². The van der Waals surface area contributed by atoms with Gasteiger partial charge < -0.3 is 5.32 Å². The van der Waals surface area contributed by atoms with Crippen molar-refractivity contribution in [2.24, 2.45) is 5.92 Å². The molecule has 0 radical (unpaired) electrons. The number of nitrogens with zero attached hydrogens (tertiary/aromatic N) is 3. The van der Waals surface area contributed by atoms with Crippen LogP contribution >= 0.6 is 23.4 Å². The Kier molecular flexibility index (Phi) is 7.21. The molecule has 1 aromatic heterocycles. The Morgan fingerprint density at radius 1 is 1.10 bits per heavy atom. The van der Waals surface area contributed by atoms with Crippen LogP contribution in [0.4, 0.5) is 0 Å². The smallest absolute Gasteiger partial charge is 0.223 e. The summed E-state index contributed by atoms with van der Waals surface area (Å²) in [6.07, 6.45) is 0. The fourth-order valence-corrected chi connectivity index (χ4v) is 4.26. The highest BCUT2D eigenvalue weighted by Crippen LogP contribution is 2.31. The fraction of sp³-hybridized carbons (Fsp3) is 0.348. The molecule has 2 aromatic carbocycles. The molecule has 3 rings (SSSR count). The molecule has 0 aliphatic heterocycles. The SMILES string of the molecule is Cc1ccccc1CSc1nnc(C(C)NC(=O)C(C)C)n1-c1cc(Cl)ccc1C. The monoisotopic (exact) mass is 442 g/mol. The van der Waals surface area contributed by atoms with Gasteiger partial charge in [0.05, 0.1) is 11.7 Å². The van der Waals surface area contributed by atoms with Crippen molar-refractivity contribution < 1.29 is 4.79 Å². The van der Waals surface area contributed by atoms with E-state index in [4.69, 9.17) is 11.6 Å². The van der Waals surface area contributed by atoms with E-state index in [1.165, 1.54) is 11.1 Å². The molecule has 3 aromatic rings. The van der Waals surface area contributed by atoms with Gasteiger partial charge in [0.15, 0.2) is 11.0 Å². The second kappa shape index (κ2) is 9.67. The quantitative estimate of drug-likeness (QED) is 0.479. The molecule has 158 valence electrons. The van der Waals surface area contributed by atoms with Gasteiger partial charge in [0.25, 0.3) is 0 Å². The summed E-state index contributed by atoms with van der Waals surface area (Å²) in [5, 5.41) is 13.3. The topological polar surface area (TPSA) is 59.8 Å². The second-order valence-corrected chi connectivity index (χ2v) is 9.09. The number of carbonyl (C=O) groups is 1. The third kappa shape index (κ3) is 5.05. The van der Waals surface area contributed by atoms with Crippen LogP contribution in [0.3, 0.4) is 0 Å². The van der Waals surface area contributed by atoms with Crippen LogP contribution in [0.2, 0.25) is 5.02 Å². The minimum Gasteiger partial charge on any atom is -0.346 e. The number of nitrogens with one attached hydrogen (secondary N) is 1. The van der Waals surface area contributed by atoms with E-state index in [1.807, 2.05) is 62.6 Å². The van der Waals surface area contributed by atoms with Crippen molar-refractivity contribution in [3.63, 3.8) is 0 Å². The molecule has 0 aliphatic rings. The van der Waals surface area contributed by atoms with Crippen LogP contribution < -0.4 is 5.32 Å². The summed E-state index contributed by atoms with van der Waals surface area (Å²) in [5.41, 5.74) is 4.47. The number of hydrogen-bond acceptors (Lipinski definition) is 4. The molecule has 0 bridgehead atoms. The number of aromatic nitrogens is 3. The summed E-state index contributed by atoms with van der Waals surface area (Å²) in [5.74, 6) is 1.33. The first-order chi connectivity index (χ1) is 14.3. The highest BCUT2D eigenvalue weighted by molar-refractivity contribution is 7.98. The summed E-state index contributed by atoms with van der Waals surface area (Å²) in [4.78, 5) is 12.3. The Morgan fingerprint density at radius 3 is 2.53 bits per heavy atom. The van der Waals surface area contributed by atoms with Crippen molar-refractivity contribution in [2.75, 3.05) is 0 Å². The first-order valence-electron chi connectivity index (χ1n) is 9.97. The Morgan fingerprint density at radius 2 is 1.83 bits per heavy atom. The average Bonchev–Trinajstić information content (AvgIpc) is 3.13. The highest BCUT2D eigenvalue weighted by Gasteiger charge is 2.23. The van der Waals surface area contributed by atoms with E-state index >= 15 is 0 Å². The van der Waals surface area contributed by atoms with Crippen molar-refractivity contribution in [1.82, 2.24) is 20.1 Å². The molecule has 1 amide bonds. The second-order valence-electron chi connectivity index (χ2n) is 7.71. The molecule has 1 N–H and O–H groups in total. The van der Waals surface area contributed by atoms with Gasteiger partial charge in [-0.15, -0.1) is 10.2 Å². The van der Waals surface area contributed by atoms with Gasteiger partial charge in [-0.1, -0.05) is 67.5 Å². The van der Waals surface area contributed by atoms with Gasteiger partial charge in [-0.2, -0.15) is 0 Å². The molecule has 1 atom stereocenters. The average molecular weight is 443 g/mol. The largest absolute Gasteiger partial charge is 0.346 e. The van der Waals surface area contributed by atoms with E-state index in [0.29, 0.717) is 10.8 Å². The van der Waals surface area contributed by atoms with Crippen LogP contribution in [0.25, 0.3) is 5.69 Å². The van der Waals surface area contributed by atoms with E-state index in [0.717, 1.165) is 22.2 Å². The van der Waals surface area contributed by atoms with Crippen LogP contribution in [0, 0.1) is 19.8 Å². The molecular weight excluding hydrogens is 416 g/mol. The first kappa shape index (κ1) is 22.4. The lowest BCUT2D eigenvalue weighted by atomic mass is 10.1. The van der Waals surface area contributed by atoms with Gasteiger partial charge in [-0.05, 0) is 49.6 Å². The molecule has 7 heteroatoms. The number of thioether (sulfide) groups is 1. The maximum absolute atomic E-state index is 12.3. The molecule has 5 nitrogen and oxygen atoms in total. The third-order valence-electron chi connectivity index (χ3n) is 4.96. The van der Waals surface area contributed by atoms with Gasteiger partial charge in [-0.25, -0.2) is 0 Å². The summed E-state index contributed by atoms with van der Waals surface area (Å²) < 4.78 is 2.01. The zero-order valence-corrected chi connectivity index (χ0v) is 19.5. The highest BCUT2D eigenvalue weighted by atomic mass is 35.5. The van der Waals surface area contributed by atoms with Crippen LogP contribution in [0.15, 0.2) is 47.6 Å². The fourth-order valence-electron chi connectivity index (χ4n) is 3.06. The number of halogens is 1. The maximum atomic E-state index is 12.3. The molecule has 0 spiro atoms. The van der Waals surface area contributed by atoms with Crippen molar-refractivity contribution >= 4 is 29.3 Å². The number of rotatable bonds is 7. The third-order valence-corrected chi connectivity index (χ3v) is 6.17. The maximum Gasteiger partial charge on any atom is 0.223 e. The van der Waals surface area contributed by atoms with Crippen molar-refractivity contribution in [2.45, 2.75) is 51.6 Å². The minimum absolute atomic E-state index is 0.0195.